The molecule has 0 bridgehead atoms. The van der Waals surface area contributed by atoms with Crippen LogP contribution in [0.25, 0.3) is 0 Å². The van der Waals surface area contributed by atoms with Gasteiger partial charge in [0.25, 0.3) is 0 Å². The predicted molar refractivity (Wildman–Crippen MR) is 48.8 cm³/mol. The number of hydrogen-bond donors (Lipinski definition) is 0. The largest absolute Gasteiger partial charge is 0.299 e. The molecule has 1 nitrogen and oxygen atoms in total. The Morgan fingerprint density at radius 2 is 2.08 bits per heavy atom. The molecule has 0 N–H and O–H groups in total. The first-order valence-corrected chi connectivity index (χ1v) is 4.84. The Labute approximate surface area is 73.8 Å². The van der Waals surface area contributed by atoms with Crippen LogP contribution in [0.1, 0.15) is 39.5 Å². The van der Waals surface area contributed by atoms with E-state index >= 15 is 0 Å². The first kappa shape index (κ1) is 8.03. The molecule has 1 heteroatoms. The molecular weight excluding hydrogens is 148 g/mol. The van der Waals surface area contributed by atoms with Crippen LogP contribution in [-0.2, 0) is 4.79 Å². The van der Waals surface area contributed by atoms with E-state index in [4.69, 9.17) is 0 Å². The second kappa shape index (κ2) is 2.45. The molecule has 66 valence electrons. The molecule has 1 saturated carbocycles. The maximum atomic E-state index is 11.6. The second-order valence-corrected chi connectivity index (χ2v) is 4.47. The summed E-state index contributed by atoms with van der Waals surface area (Å²) in [4.78, 5) is 11.6. The van der Waals surface area contributed by atoms with Crippen molar-refractivity contribution in [3.05, 3.63) is 11.6 Å². The Balaban J connectivity index is 2.38. The monoisotopic (exact) mass is 164 g/mol. The summed E-state index contributed by atoms with van der Waals surface area (Å²) in [6.45, 7) is 4.27. The molecule has 0 aromatic heterocycles. The lowest BCUT2D eigenvalue weighted by Crippen LogP contribution is -2.29. The van der Waals surface area contributed by atoms with E-state index in [0.29, 0.717) is 11.7 Å². The van der Waals surface area contributed by atoms with Gasteiger partial charge in [-0.2, -0.15) is 0 Å². The maximum Gasteiger partial charge on any atom is 0.142 e. The molecule has 0 aromatic carbocycles. The molecule has 0 unspecified atom stereocenters. The lowest BCUT2D eigenvalue weighted by atomic mass is 9.71. The molecule has 0 aromatic rings. The van der Waals surface area contributed by atoms with Crippen LogP contribution < -0.4 is 0 Å². The first-order chi connectivity index (χ1) is 5.63. The van der Waals surface area contributed by atoms with Crippen LogP contribution in [0.15, 0.2) is 11.6 Å². The predicted octanol–water partition coefficient (Wildman–Crippen LogP) is 2.71. The molecule has 0 spiro atoms. The molecule has 0 radical (unpaired) electrons. The maximum absolute atomic E-state index is 11.6. The Morgan fingerprint density at radius 3 is 2.83 bits per heavy atom. The van der Waals surface area contributed by atoms with E-state index in [1.807, 2.05) is 0 Å². The highest BCUT2D eigenvalue weighted by Crippen LogP contribution is 2.47. The molecule has 2 aliphatic rings. The van der Waals surface area contributed by atoms with Crippen molar-refractivity contribution in [2.24, 2.45) is 11.3 Å². The van der Waals surface area contributed by atoms with Crippen molar-refractivity contribution in [1.82, 2.24) is 0 Å². The van der Waals surface area contributed by atoms with Gasteiger partial charge in [-0.3, -0.25) is 4.79 Å². The number of Topliss-reactive ketones (excluding diaryl/α,β-unsaturated/α-hetero) is 1. The average molecular weight is 164 g/mol. The summed E-state index contributed by atoms with van der Waals surface area (Å²) in [5.74, 6) is 1.11. The third-order valence-corrected chi connectivity index (χ3v) is 3.60. The van der Waals surface area contributed by atoms with Gasteiger partial charge in [-0.25, -0.2) is 0 Å². The van der Waals surface area contributed by atoms with Crippen LogP contribution in [-0.4, -0.2) is 5.78 Å². The minimum Gasteiger partial charge on any atom is -0.299 e. The van der Waals surface area contributed by atoms with Crippen molar-refractivity contribution in [2.75, 3.05) is 0 Å². The van der Waals surface area contributed by atoms with Gasteiger partial charge < -0.3 is 0 Å². The number of ketones is 1. The summed E-state index contributed by atoms with van der Waals surface area (Å²) >= 11 is 0. The van der Waals surface area contributed by atoms with Crippen LogP contribution in [0.5, 0.6) is 0 Å². The van der Waals surface area contributed by atoms with Crippen LogP contribution in [0.4, 0.5) is 0 Å². The number of hydrogen-bond acceptors (Lipinski definition) is 1. The second-order valence-electron chi connectivity index (χ2n) is 4.47. The van der Waals surface area contributed by atoms with Gasteiger partial charge in [0.2, 0.25) is 0 Å². The third-order valence-electron chi connectivity index (χ3n) is 3.60. The molecule has 0 heterocycles. The van der Waals surface area contributed by atoms with E-state index < -0.39 is 0 Å². The van der Waals surface area contributed by atoms with Crippen molar-refractivity contribution in [2.45, 2.75) is 39.5 Å². The Hall–Kier alpha value is -0.590. The lowest BCUT2D eigenvalue weighted by Gasteiger charge is -2.31. The summed E-state index contributed by atoms with van der Waals surface area (Å²) < 4.78 is 0. The summed E-state index contributed by atoms with van der Waals surface area (Å²) in [7, 11) is 0. The van der Waals surface area contributed by atoms with Crippen molar-refractivity contribution in [3.63, 3.8) is 0 Å². The minimum absolute atomic E-state index is 0.0810. The number of rotatable bonds is 0. The van der Waals surface area contributed by atoms with Crippen molar-refractivity contribution in [3.8, 4) is 0 Å². The van der Waals surface area contributed by atoms with E-state index in [-0.39, 0.29) is 5.41 Å². The van der Waals surface area contributed by atoms with E-state index in [0.717, 1.165) is 12.8 Å². The highest BCUT2D eigenvalue weighted by atomic mass is 16.1. The van der Waals surface area contributed by atoms with Crippen LogP contribution in [0.3, 0.4) is 0 Å². The summed E-state index contributed by atoms with van der Waals surface area (Å²) in [6, 6.07) is 0. The number of fused-ring (bicyclic) bond motifs is 1. The zero-order valence-electron chi connectivity index (χ0n) is 7.89. The van der Waals surface area contributed by atoms with Crippen LogP contribution in [0.2, 0.25) is 0 Å². The zero-order valence-corrected chi connectivity index (χ0v) is 7.89. The standard InChI is InChI=1S/C11H16O/c1-8-3-4-9-5-6-10(12)11(9,2)7-8/h7,9H,3-6H2,1-2H3/t9-,11-/m0/s1. The quantitative estimate of drug-likeness (QED) is 0.503. The molecule has 12 heavy (non-hydrogen) atoms. The molecule has 2 atom stereocenters. The Bertz CT molecular complexity index is 252. The van der Waals surface area contributed by atoms with E-state index in [9.17, 15) is 4.79 Å². The van der Waals surface area contributed by atoms with Gasteiger partial charge in [-0.15, -0.1) is 0 Å². The fourth-order valence-corrected chi connectivity index (χ4v) is 2.73. The van der Waals surface area contributed by atoms with Gasteiger partial charge in [0.05, 0.1) is 0 Å². The molecular formula is C11H16O. The summed E-state index contributed by atoms with van der Waals surface area (Å²) in [5, 5.41) is 0. The van der Waals surface area contributed by atoms with E-state index in [1.54, 1.807) is 0 Å². The van der Waals surface area contributed by atoms with E-state index in [1.165, 1.54) is 18.4 Å². The summed E-state index contributed by atoms with van der Waals surface area (Å²) in [6.07, 6.45) is 6.58. The van der Waals surface area contributed by atoms with Gasteiger partial charge >= 0.3 is 0 Å². The zero-order chi connectivity index (χ0) is 8.77. The van der Waals surface area contributed by atoms with Gasteiger partial charge in [0.15, 0.2) is 0 Å². The van der Waals surface area contributed by atoms with Gasteiger partial charge in [-0.1, -0.05) is 11.6 Å². The number of allylic oxidation sites excluding steroid dienone is 2. The highest BCUT2D eigenvalue weighted by Gasteiger charge is 2.45. The fraction of sp³-hybridized carbons (Fsp3) is 0.727. The molecule has 0 saturated heterocycles. The number of carbonyl (C=O) groups excluding carboxylic acids is 1. The molecule has 2 rings (SSSR count). The van der Waals surface area contributed by atoms with Gasteiger partial charge in [0.1, 0.15) is 5.78 Å². The smallest absolute Gasteiger partial charge is 0.142 e. The Kier molecular flexibility index (Phi) is 1.64. The molecule has 0 amide bonds. The molecule has 0 aliphatic heterocycles. The SMILES string of the molecule is CC1=C[C@]2(C)C(=O)CC[C@@H]2CC1. The van der Waals surface area contributed by atoms with Crippen molar-refractivity contribution >= 4 is 5.78 Å². The highest BCUT2D eigenvalue weighted by molar-refractivity contribution is 5.89. The average Bonchev–Trinajstić information content (AvgIpc) is 2.28. The Morgan fingerprint density at radius 1 is 1.42 bits per heavy atom. The minimum atomic E-state index is -0.0810. The molecule has 2 aliphatic carbocycles. The summed E-state index contributed by atoms with van der Waals surface area (Å²) in [5.41, 5.74) is 1.33. The van der Waals surface area contributed by atoms with Crippen molar-refractivity contribution in [1.29, 1.82) is 0 Å². The topological polar surface area (TPSA) is 17.1 Å². The lowest BCUT2D eigenvalue weighted by molar-refractivity contribution is -0.124. The normalized spacial score (nSPS) is 41.0. The van der Waals surface area contributed by atoms with Crippen LogP contribution in [0, 0.1) is 11.3 Å². The van der Waals surface area contributed by atoms with Crippen molar-refractivity contribution < 1.29 is 4.79 Å². The van der Waals surface area contributed by atoms with Gasteiger partial charge in [-0.05, 0) is 39.0 Å². The number of carbonyl (C=O) groups is 1. The third kappa shape index (κ3) is 0.954. The first-order valence-electron chi connectivity index (χ1n) is 4.84. The molecule has 1 fully saturated rings. The van der Waals surface area contributed by atoms with Gasteiger partial charge in [0, 0.05) is 11.8 Å². The fourth-order valence-electron chi connectivity index (χ4n) is 2.73. The van der Waals surface area contributed by atoms with E-state index in [2.05, 4.69) is 19.9 Å². The van der Waals surface area contributed by atoms with Crippen LogP contribution >= 0.6 is 0 Å².